The molecule has 4 rings (SSSR count). The second-order valence-corrected chi connectivity index (χ2v) is 10.1. The summed E-state index contributed by atoms with van der Waals surface area (Å²) in [4.78, 5) is 62.7. The fourth-order valence-corrected chi connectivity index (χ4v) is 4.26. The van der Waals surface area contributed by atoms with E-state index in [2.05, 4.69) is 16.0 Å². The van der Waals surface area contributed by atoms with Crippen LogP contribution < -0.4 is 16.0 Å². The molecule has 1 fully saturated rings. The van der Waals surface area contributed by atoms with Gasteiger partial charge in [-0.2, -0.15) is 0 Å². The maximum atomic E-state index is 12.9. The minimum Gasteiger partial charge on any atom is -0.456 e. The van der Waals surface area contributed by atoms with Crippen LogP contribution in [0.2, 0.25) is 0 Å². The van der Waals surface area contributed by atoms with Gasteiger partial charge in [-0.3, -0.25) is 24.5 Å². The van der Waals surface area contributed by atoms with Crippen LogP contribution in [-0.4, -0.2) is 52.7 Å². The molecule has 1 unspecified atom stereocenters. The Morgan fingerprint density at radius 2 is 1.89 bits per heavy atom. The lowest BCUT2D eigenvalue weighted by molar-refractivity contribution is -0.137. The second-order valence-electron chi connectivity index (χ2n) is 10.1. The van der Waals surface area contributed by atoms with Crippen LogP contribution in [0.15, 0.2) is 42.5 Å². The lowest BCUT2D eigenvalue weighted by Crippen LogP contribution is -2.52. The molecule has 2 aliphatic heterocycles. The van der Waals surface area contributed by atoms with Gasteiger partial charge in [0.05, 0.1) is 12.1 Å². The molecule has 3 N–H and O–H groups in total. The highest BCUT2D eigenvalue weighted by Crippen LogP contribution is 2.29. The Bertz CT molecular complexity index is 1270. The highest BCUT2D eigenvalue weighted by atomic mass is 16.6. The Labute approximate surface area is 214 Å². The van der Waals surface area contributed by atoms with Crippen LogP contribution in [-0.2, 0) is 32.2 Å². The largest absolute Gasteiger partial charge is 0.456 e. The molecule has 2 heterocycles. The Morgan fingerprint density at radius 3 is 2.62 bits per heavy atom. The summed E-state index contributed by atoms with van der Waals surface area (Å²) >= 11 is 0. The number of hydrogen-bond donors (Lipinski definition) is 3. The van der Waals surface area contributed by atoms with E-state index in [-0.39, 0.29) is 37.2 Å². The van der Waals surface area contributed by atoms with Crippen molar-refractivity contribution in [1.29, 1.82) is 0 Å². The van der Waals surface area contributed by atoms with Gasteiger partial charge >= 0.3 is 5.97 Å². The maximum Gasteiger partial charge on any atom is 0.338 e. The molecule has 0 radical (unpaired) electrons. The molecule has 37 heavy (non-hydrogen) atoms. The summed E-state index contributed by atoms with van der Waals surface area (Å²) in [5, 5.41) is 8.10. The molecule has 0 saturated carbocycles. The molecule has 4 amide bonds. The lowest BCUT2D eigenvalue weighted by atomic mass is 10.0. The van der Waals surface area contributed by atoms with Gasteiger partial charge in [0, 0.05) is 30.8 Å². The van der Waals surface area contributed by atoms with Crippen molar-refractivity contribution in [3.63, 3.8) is 0 Å². The van der Waals surface area contributed by atoms with E-state index in [0.717, 1.165) is 11.1 Å². The van der Waals surface area contributed by atoms with Gasteiger partial charge in [0.2, 0.25) is 17.7 Å². The summed E-state index contributed by atoms with van der Waals surface area (Å²) in [6, 6.07) is 11.5. The number of hydrogen-bond acceptors (Lipinski definition) is 7. The number of esters is 1. The van der Waals surface area contributed by atoms with E-state index in [0.29, 0.717) is 29.8 Å². The van der Waals surface area contributed by atoms with Crippen LogP contribution in [0.25, 0.3) is 0 Å². The smallest absolute Gasteiger partial charge is 0.338 e. The number of nitrogens with zero attached hydrogens (tertiary/aromatic N) is 1. The number of rotatable bonds is 7. The molecule has 0 spiro atoms. The molecule has 10 nitrogen and oxygen atoms in total. The van der Waals surface area contributed by atoms with Gasteiger partial charge in [-0.05, 0) is 62.6 Å². The summed E-state index contributed by atoms with van der Waals surface area (Å²) in [6.07, 6.45) is 0.500. The summed E-state index contributed by atoms with van der Waals surface area (Å²) < 4.78 is 5.39. The number of benzene rings is 2. The molecular weight excluding hydrogens is 476 g/mol. The maximum absolute atomic E-state index is 12.9. The number of imide groups is 1. The molecule has 2 aromatic carbocycles. The number of amides is 4. The van der Waals surface area contributed by atoms with E-state index in [1.54, 1.807) is 57.2 Å². The highest BCUT2D eigenvalue weighted by molar-refractivity contribution is 6.05. The SMILES string of the molecule is CC(C)(C)OC(=O)c1cccc(CNC(=O)CNc2ccc3c(c2)C(=O)N(C2CCC(=O)NC2=O)C3)c1. The van der Waals surface area contributed by atoms with Crippen molar-refractivity contribution in [2.45, 2.75) is 58.3 Å². The van der Waals surface area contributed by atoms with Gasteiger partial charge in [-0.25, -0.2) is 4.79 Å². The molecule has 2 aliphatic rings. The minimum atomic E-state index is -0.673. The van der Waals surface area contributed by atoms with E-state index >= 15 is 0 Å². The molecule has 1 saturated heterocycles. The third kappa shape index (κ3) is 6.32. The minimum absolute atomic E-state index is 0.0183. The molecule has 1 atom stereocenters. The van der Waals surface area contributed by atoms with Gasteiger partial charge in [0.15, 0.2) is 0 Å². The zero-order valence-electron chi connectivity index (χ0n) is 21.1. The standard InChI is InChI=1S/C27H30N4O6/c1-27(2,3)37-26(36)17-6-4-5-16(11-17)13-29-23(33)14-28-19-8-7-18-15-31(25(35)20(18)12-19)21-9-10-22(32)30-24(21)34/h4-8,11-12,21,28H,9-10,13-15H2,1-3H3,(H,29,33)(H,30,32,34). The van der Waals surface area contributed by atoms with Crippen LogP contribution in [0.1, 0.15) is 65.5 Å². The van der Waals surface area contributed by atoms with E-state index in [4.69, 9.17) is 4.74 Å². The van der Waals surface area contributed by atoms with Crippen molar-refractivity contribution < 1.29 is 28.7 Å². The predicted molar refractivity (Wildman–Crippen MR) is 134 cm³/mol. The summed E-state index contributed by atoms with van der Waals surface area (Å²) in [5.74, 6) is -1.75. The second kappa shape index (κ2) is 10.4. The van der Waals surface area contributed by atoms with Gasteiger partial charge in [-0.1, -0.05) is 18.2 Å². The first kappa shape index (κ1) is 25.9. The van der Waals surface area contributed by atoms with Gasteiger partial charge < -0.3 is 20.3 Å². The quantitative estimate of drug-likeness (QED) is 0.387. The van der Waals surface area contributed by atoms with E-state index < -0.39 is 23.5 Å². The Balaban J connectivity index is 1.30. The van der Waals surface area contributed by atoms with Crippen LogP contribution in [0.5, 0.6) is 0 Å². The summed E-state index contributed by atoms with van der Waals surface area (Å²) in [7, 11) is 0. The Kier molecular flexibility index (Phi) is 7.28. The average molecular weight is 507 g/mol. The number of carbonyl (C=O) groups excluding carboxylic acids is 5. The molecule has 0 aliphatic carbocycles. The first-order valence-corrected chi connectivity index (χ1v) is 12.1. The molecule has 0 aromatic heterocycles. The normalized spacial score (nSPS) is 17.2. The lowest BCUT2D eigenvalue weighted by Gasteiger charge is -2.29. The van der Waals surface area contributed by atoms with Gasteiger partial charge in [0.25, 0.3) is 5.91 Å². The highest BCUT2D eigenvalue weighted by Gasteiger charge is 2.39. The fourth-order valence-electron chi connectivity index (χ4n) is 4.26. The van der Waals surface area contributed by atoms with E-state index in [1.165, 1.54) is 4.90 Å². The monoisotopic (exact) mass is 506 g/mol. The number of carbonyl (C=O) groups is 5. The molecular formula is C27H30N4O6. The number of anilines is 1. The first-order chi connectivity index (χ1) is 17.5. The third-order valence-corrected chi connectivity index (χ3v) is 6.03. The fraction of sp³-hybridized carbons (Fsp3) is 0.370. The first-order valence-electron chi connectivity index (χ1n) is 12.1. The van der Waals surface area contributed by atoms with Crippen molar-refractivity contribution >= 4 is 35.3 Å². The van der Waals surface area contributed by atoms with E-state index in [1.807, 2.05) is 6.07 Å². The number of piperidine rings is 1. The van der Waals surface area contributed by atoms with Gasteiger partial charge in [0.1, 0.15) is 11.6 Å². The van der Waals surface area contributed by atoms with Crippen molar-refractivity contribution in [2.24, 2.45) is 0 Å². The molecule has 10 heteroatoms. The zero-order valence-corrected chi connectivity index (χ0v) is 21.1. The van der Waals surface area contributed by atoms with Crippen molar-refractivity contribution in [3.05, 3.63) is 64.7 Å². The molecule has 2 aromatic rings. The number of fused-ring (bicyclic) bond motifs is 1. The van der Waals surface area contributed by atoms with Crippen molar-refractivity contribution in [2.75, 3.05) is 11.9 Å². The molecule has 194 valence electrons. The van der Waals surface area contributed by atoms with Crippen molar-refractivity contribution in [3.8, 4) is 0 Å². The molecule has 0 bridgehead atoms. The van der Waals surface area contributed by atoms with Crippen LogP contribution in [0.4, 0.5) is 5.69 Å². The summed E-state index contributed by atoms with van der Waals surface area (Å²) in [6.45, 7) is 5.91. The van der Waals surface area contributed by atoms with Gasteiger partial charge in [-0.15, -0.1) is 0 Å². The van der Waals surface area contributed by atoms with Crippen LogP contribution in [0, 0.1) is 0 Å². The average Bonchev–Trinajstić information content (AvgIpc) is 3.16. The Morgan fingerprint density at radius 1 is 1.11 bits per heavy atom. The zero-order chi connectivity index (χ0) is 26.7. The van der Waals surface area contributed by atoms with E-state index in [9.17, 15) is 24.0 Å². The number of ether oxygens (including phenoxy) is 1. The summed E-state index contributed by atoms with van der Waals surface area (Å²) in [5.41, 5.74) is 2.42. The third-order valence-electron chi connectivity index (χ3n) is 6.03. The number of nitrogens with one attached hydrogen (secondary N) is 3. The topological polar surface area (TPSA) is 134 Å². The predicted octanol–water partition coefficient (Wildman–Crippen LogP) is 2.13. The van der Waals surface area contributed by atoms with Crippen LogP contribution >= 0.6 is 0 Å². The Hall–Kier alpha value is -4.21. The van der Waals surface area contributed by atoms with Crippen LogP contribution in [0.3, 0.4) is 0 Å². The van der Waals surface area contributed by atoms with Crippen molar-refractivity contribution in [1.82, 2.24) is 15.5 Å².